The molecular weight excluding hydrogens is 424 g/mol. The Morgan fingerprint density at radius 3 is 2.45 bits per heavy atom. The second-order valence-electron chi connectivity index (χ2n) is 7.71. The highest BCUT2D eigenvalue weighted by Crippen LogP contribution is 2.29. The van der Waals surface area contributed by atoms with Crippen LogP contribution in [0, 0.1) is 20.8 Å². The van der Waals surface area contributed by atoms with Gasteiger partial charge < -0.3 is 9.52 Å². The number of carbonyl (C=O) groups excluding carboxylic acids is 3. The van der Waals surface area contributed by atoms with Gasteiger partial charge in [0.25, 0.3) is 11.8 Å². The summed E-state index contributed by atoms with van der Waals surface area (Å²) in [6, 6.07) is 12.3. The summed E-state index contributed by atoms with van der Waals surface area (Å²) in [5.41, 5.74) is 3.23. The average Bonchev–Trinajstić information content (AvgIpc) is 3.22. The van der Waals surface area contributed by atoms with Crippen molar-refractivity contribution in [2.75, 3.05) is 4.90 Å². The maximum absolute atomic E-state index is 13.1. The zero-order valence-corrected chi connectivity index (χ0v) is 18.1. The maximum atomic E-state index is 13.1. The molecule has 1 fully saturated rings. The first-order chi connectivity index (χ1) is 15.7. The Kier molecular flexibility index (Phi) is 5.43. The van der Waals surface area contributed by atoms with Crippen molar-refractivity contribution in [3.8, 4) is 11.3 Å². The van der Waals surface area contributed by atoms with E-state index in [-0.39, 0.29) is 16.9 Å². The fourth-order valence-corrected chi connectivity index (χ4v) is 3.61. The quantitative estimate of drug-likeness (QED) is 0.459. The number of carboxylic acid groups (broad SMARTS) is 1. The molecule has 2 heterocycles. The fourth-order valence-electron chi connectivity index (χ4n) is 3.61. The molecule has 1 aliphatic rings. The molecule has 166 valence electrons. The lowest BCUT2D eigenvalue weighted by atomic mass is 10.0. The second kappa shape index (κ2) is 8.23. The number of urea groups is 1. The van der Waals surface area contributed by atoms with Gasteiger partial charge in [0.1, 0.15) is 17.1 Å². The van der Waals surface area contributed by atoms with E-state index in [1.54, 1.807) is 49.4 Å². The van der Waals surface area contributed by atoms with Crippen LogP contribution in [0.5, 0.6) is 0 Å². The molecule has 4 amide bonds. The van der Waals surface area contributed by atoms with Gasteiger partial charge in [-0.25, -0.2) is 14.5 Å². The highest BCUT2D eigenvalue weighted by molar-refractivity contribution is 6.39. The van der Waals surface area contributed by atoms with Crippen LogP contribution >= 0.6 is 0 Å². The monoisotopic (exact) mass is 444 g/mol. The molecule has 8 heteroatoms. The van der Waals surface area contributed by atoms with Crippen molar-refractivity contribution in [2.24, 2.45) is 0 Å². The number of furan rings is 1. The minimum absolute atomic E-state index is 0.146. The Bertz CT molecular complexity index is 1360. The van der Waals surface area contributed by atoms with E-state index in [1.165, 1.54) is 12.1 Å². The van der Waals surface area contributed by atoms with Gasteiger partial charge in [-0.2, -0.15) is 0 Å². The Hall–Kier alpha value is -4.46. The molecule has 0 bridgehead atoms. The molecule has 2 N–H and O–H groups in total. The molecule has 3 aromatic rings. The van der Waals surface area contributed by atoms with Crippen LogP contribution in [0.3, 0.4) is 0 Å². The van der Waals surface area contributed by atoms with Crippen LogP contribution in [0.15, 0.2) is 58.5 Å². The smallest absolute Gasteiger partial charge is 0.335 e. The van der Waals surface area contributed by atoms with Crippen molar-refractivity contribution < 1.29 is 28.7 Å². The van der Waals surface area contributed by atoms with Gasteiger partial charge in [-0.1, -0.05) is 18.2 Å². The summed E-state index contributed by atoms with van der Waals surface area (Å²) in [5.74, 6) is -2.06. The number of anilines is 1. The highest BCUT2D eigenvalue weighted by atomic mass is 16.4. The maximum Gasteiger partial charge on any atom is 0.335 e. The first-order valence-corrected chi connectivity index (χ1v) is 10.1. The molecule has 0 unspecified atom stereocenters. The molecule has 2 aromatic carbocycles. The van der Waals surface area contributed by atoms with E-state index in [2.05, 4.69) is 5.32 Å². The van der Waals surface area contributed by atoms with Crippen LogP contribution in [-0.2, 0) is 9.59 Å². The standard InChI is InChI=1S/C25H20N2O6/c1-13-7-8-16(11-14(13)2)27-23(29)20(22(28)26-25(27)32)12-17-9-10-21(33-17)18-5-4-6-19(15(18)3)24(30)31/h4-12H,1-3H3,(H,30,31)(H,26,28,32)/b20-12+. The van der Waals surface area contributed by atoms with Gasteiger partial charge in [0, 0.05) is 5.56 Å². The van der Waals surface area contributed by atoms with Gasteiger partial charge in [-0.05, 0) is 73.9 Å². The first kappa shape index (κ1) is 21.8. The predicted octanol–water partition coefficient (Wildman–Crippen LogP) is 4.24. The molecule has 1 saturated heterocycles. The Morgan fingerprint density at radius 1 is 1.00 bits per heavy atom. The zero-order chi connectivity index (χ0) is 23.9. The minimum Gasteiger partial charge on any atom is -0.478 e. The molecule has 8 nitrogen and oxygen atoms in total. The topological polar surface area (TPSA) is 117 Å². The van der Waals surface area contributed by atoms with Crippen LogP contribution in [0.25, 0.3) is 17.4 Å². The van der Waals surface area contributed by atoms with E-state index in [0.29, 0.717) is 22.6 Å². The predicted molar refractivity (Wildman–Crippen MR) is 121 cm³/mol. The summed E-state index contributed by atoms with van der Waals surface area (Å²) < 4.78 is 5.78. The Morgan fingerprint density at radius 2 is 1.76 bits per heavy atom. The molecule has 1 aromatic heterocycles. The Labute approximate surface area is 189 Å². The zero-order valence-electron chi connectivity index (χ0n) is 18.1. The van der Waals surface area contributed by atoms with Crippen LogP contribution in [-0.4, -0.2) is 28.9 Å². The molecule has 0 radical (unpaired) electrons. The van der Waals surface area contributed by atoms with E-state index in [0.717, 1.165) is 16.0 Å². The van der Waals surface area contributed by atoms with Crippen LogP contribution in [0.1, 0.15) is 32.8 Å². The average molecular weight is 444 g/mol. The van der Waals surface area contributed by atoms with Crippen LogP contribution in [0.2, 0.25) is 0 Å². The molecule has 0 spiro atoms. The van der Waals surface area contributed by atoms with Crippen LogP contribution < -0.4 is 10.2 Å². The number of nitrogens with one attached hydrogen (secondary N) is 1. The van der Waals surface area contributed by atoms with Crippen LogP contribution in [0.4, 0.5) is 10.5 Å². The Balaban J connectivity index is 1.70. The van der Waals surface area contributed by atoms with Crippen molar-refractivity contribution >= 4 is 35.6 Å². The van der Waals surface area contributed by atoms with Gasteiger partial charge in [0.15, 0.2) is 0 Å². The van der Waals surface area contributed by atoms with E-state index in [4.69, 9.17) is 4.42 Å². The van der Waals surface area contributed by atoms with Crippen molar-refractivity contribution in [1.29, 1.82) is 0 Å². The number of benzene rings is 2. The van der Waals surface area contributed by atoms with Gasteiger partial charge in [0.05, 0.1) is 11.3 Å². The summed E-state index contributed by atoms with van der Waals surface area (Å²) in [4.78, 5) is 50.2. The third-order valence-electron chi connectivity index (χ3n) is 5.59. The normalized spacial score (nSPS) is 15.2. The number of aromatic carboxylic acids is 1. The van der Waals surface area contributed by atoms with Crippen molar-refractivity contribution in [2.45, 2.75) is 20.8 Å². The van der Waals surface area contributed by atoms with E-state index in [1.807, 2.05) is 13.8 Å². The first-order valence-electron chi connectivity index (χ1n) is 10.1. The number of rotatable bonds is 4. The minimum atomic E-state index is -1.05. The molecular formula is C25H20N2O6. The van der Waals surface area contributed by atoms with Gasteiger partial charge in [-0.15, -0.1) is 0 Å². The highest BCUT2D eigenvalue weighted by Gasteiger charge is 2.37. The molecule has 33 heavy (non-hydrogen) atoms. The van der Waals surface area contributed by atoms with E-state index >= 15 is 0 Å². The number of barbiturate groups is 1. The number of aryl methyl sites for hydroxylation is 2. The lowest BCUT2D eigenvalue weighted by Gasteiger charge is -2.26. The van der Waals surface area contributed by atoms with Crippen molar-refractivity contribution in [3.63, 3.8) is 0 Å². The summed E-state index contributed by atoms with van der Waals surface area (Å²) in [5, 5.41) is 11.5. The lowest BCUT2D eigenvalue weighted by Crippen LogP contribution is -2.54. The third-order valence-corrected chi connectivity index (χ3v) is 5.59. The largest absolute Gasteiger partial charge is 0.478 e. The van der Waals surface area contributed by atoms with E-state index in [9.17, 15) is 24.3 Å². The number of hydrogen-bond donors (Lipinski definition) is 2. The number of carboxylic acids is 1. The third kappa shape index (κ3) is 3.94. The SMILES string of the molecule is Cc1ccc(N2C(=O)NC(=O)/C(=C\c3ccc(-c4cccc(C(=O)O)c4C)o3)C2=O)cc1C. The molecule has 0 atom stereocenters. The molecule has 0 saturated carbocycles. The number of imide groups is 2. The van der Waals surface area contributed by atoms with Gasteiger partial charge in [-0.3, -0.25) is 14.9 Å². The van der Waals surface area contributed by atoms with E-state index < -0.39 is 23.8 Å². The molecule has 4 rings (SSSR count). The summed E-state index contributed by atoms with van der Waals surface area (Å²) >= 11 is 0. The molecule has 1 aliphatic heterocycles. The summed E-state index contributed by atoms with van der Waals surface area (Å²) in [7, 11) is 0. The number of carbonyl (C=O) groups is 4. The van der Waals surface area contributed by atoms with Gasteiger partial charge >= 0.3 is 12.0 Å². The number of amides is 4. The van der Waals surface area contributed by atoms with Crippen molar-refractivity contribution in [3.05, 3.63) is 82.1 Å². The number of nitrogens with zero attached hydrogens (tertiary/aromatic N) is 1. The van der Waals surface area contributed by atoms with Gasteiger partial charge in [0.2, 0.25) is 0 Å². The summed E-state index contributed by atoms with van der Waals surface area (Å²) in [6.45, 7) is 5.44. The molecule has 0 aliphatic carbocycles. The fraction of sp³-hybridized carbons (Fsp3) is 0.120. The number of hydrogen-bond acceptors (Lipinski definition) is 5. The lowest BCUT2D eigenvalue weighted by molar-refractivity contribution is -0.122. The second-order valence-corrected chi connectivity index (χ2v) is 7.71. The van der Waals surface area contributed by atoms with Crippen molar-refractivity contribution in [1.82, 2.24) is 5.32 Å². The summed E-state index contributed by atoms with van der Waals surface area (Å²) in [6.07, 6.45) is 1.26.